The fourth-order valence-corrected chi connectivity index (χ4v) is 1.83. The summed E-state index contributed by atoms with van der Waals surface area (Å²) in [6.07, 6.45) is -2.87. The van der Waals surface area contributed by atoms with Gasteiger partial charge in [-0.25, -0.2) is 9.97 Å². The zero-order valence-corrected chi connectivity index (χ0v) is 12.9. The van der Waals surface area contributed by atoms with E-state index in [-0.39, 0.29) is 5.69 Å². The fourth-order valence-electron chi connectivity index (χ4n) is 1.83. The van der Waals surface area contributed by atoms with Crippen LogP contribution in [0, 0.1) is 0 Å². The molecule has 2 aromatic heterocycles. The highest BCUT2D eigenvalue weighted by atomic mass is 19.4. The van der Waals surface area contributed by atoms with Crippen LogP contribution in [0.1, 0.15) is 16.2 Å². The van der Waals surface area contributed by atoms with E-state index in [1.165, 1.54) is 12.3 Å². The molecule has 0 aliphatic rings. The van der Waals surface area contributed by atoms with Crippen molar-refractivity contribution < 1.29 is 27.1 Å². The molecule has 0 radical (unpaired) electrons. The van der Waals surface area contributed by atoms with Crippen LogP contribution in [-0.4, -0.2) is 43.2 Å². The average Bonchev–Trinajstić information content (AvgIpc) is 3.03. The number of anilines is 2. The van der Waals surface area contributed by atoms with Crippen molar-refractivity contribution in [2.24, 2.45) is 0 Å². The third-order valence-corrected chi connectivity index (χ3v) is 3.07. The number of halogens is 3. The second-order valence-corrected chi connectivity index (χ2v) is 4.80. The number of carbonyl (C=O) groups excluding carboxylic acids is 1. The van der Waals surface area contributed by atoms with Gasteiger partial charge in [0, 0.05) is 20.7 Å². The largest absolute Gasteiger partial charge is 0.438 e. The number of rotatable bonds is 6. The molecule has 7 nitrogen and oxygen atoms in total. The van der Waals surface area contributed by atoms with Gasteiger partial charge in [-0.2, -0.15) is 13.2 Å². The molecular weight excluding hydrogens is 329 g/mol. The van der Waals surface area contributed by atoms with Crippen LogP contribution in [0.3, 0.4) is 0 Å². The minimum absolute atomic E-state index is 0.230. The SMILES string of the molecule is COCCN(C)c1ccc(NC(=O)c2ocnc2C(F)(F)F)cn1. The molecule has 2 aromatic rings. The molecule has 1 N–H and O–H groups in total. The predicted molar refractivity (Wildman–Crippen MR) is 78.8 cm³/mol. The van der Waals surface area contributed by atoms with Crippen molar-refractivity contribution in [2.75, 3.05) is 37.5 Å². The maximum Gasteiger partial charge on any atom is 0.437 e. The molecule has 0 bridgehead atoms. The Morgan fingerprint density at radius 1 is 1.38 bits per heavy atom. The Bertz CT molecular complexity index is 685. The van der Waals surface area contributed by atoms with Gasteiger partial charge < -0.3 is 19.4 Å². The molecule has 130 valence electrons. The second kappa shape index (κ2) is 7.30. The smallest absolute Gasteiger partial charge is 0.437 e. The van der Waals surface area contributed by atoms with Crippen LogP contribution in [-0.2, 0) is 10.9 Å². The minimum Gasteiger partial charge on any atom is -0.438 e. The van der Waals surface area contributed by atoms with Gasteiger partial charge in [-0.1, -0.05) is 0 Å². The third kappa shape index (κ3) is 4.22. The number of hydrogen-bond acceptors (Lipinski definition) is 6. The van der Waals surface area contributed by atoms with Crippen molar-refractivity contribution in [3.05, 3.63) is 36.2 Å². The number of nitrogens with zero attached hydrogens (tertiary/aromatic N) is 3. The van der Waals surface area contributed by atoms with Crippen LogP contribution in [0.15, 0.2) is 29.1 Å². The molecule has 0 saturated carbocycles. The summed E-state index contributed by atoms with van der Waals surface area (Å²) in [5.41, 5.74) is -1.14. The number of likely N-dealkylation sites (N-methyl/N-ethyl adjacent to an activating group) is 1. The number of ether oxygens (including phenoxy) is 1. The zero-order chi connectivity index (χ0) is 17.7. The summed E-state index contributed by atoms with van der Waals surface area (Å²) in [6.45, 7) is 1.13. The molecule has 0 aliphatic heterocycles. The quantitative estimate of drug-likeness (QED) is 0.867. The summed E-state index contributed by atoms with van der Waals surface area (Å²) < 4.78 is 47.6. The number of nitrogens with one attached hydrogen (secondary N) is 1. The lowest BCUT2D eigenvalue weighted by atomic mass is 10.3. The average molecular weight is 344 g/mol. The van der Waals surface area contributed by atoms with E-state index in [2.05, 4.69) is 19.7 Å². The van der Waals surface area contributed by atoms with Crippen LogP contribution in [0.5, 0.6) is 0 Å². The summed E-state index contributed by atoms with van der Waals surface area (Å²) in [4.78, 5) is 20.9. The highest BCUT2D eigenvalue weighted by Gasteiger charge is 2.39. The summed E-state index contributed by atoms with van der Waals surface area (Å²) in [5, 5.41) is 2.29. The van der Waals surface area contributed by atoms with Gasteiger partial charge >= 0.3 is 6.18 Å². The second-order valence-electron chi connectivity index (χ2n) is 4.80. The van der Waals surface area contributed by atoms with Crippen LogP contribution < -0.4 is 10.2 Å². The molecular formula is C14H15F3N4O3. The Labute approximate surface area is 135 Å². The van der Waals surface area contributed by atoms with Crippen molar-refractivity contribution in [3.8, 4) is 0 Å². The first-order valence-corrected chi connectivity index (χ1v) is 6.81. The Morgan fingerprint density at radius 2 is 2.12 bits per heavy atom. The first-order valence-electron chi connectivity index (χ1n) is 6.81. The summed E-state index contributed by atoms with van der Waals surface area (Å²) in [7, 11) is 3.39. The number of pyridine rings is 1. The van der Waals surface area contributed by atoms with E-state index in [4.69, 9.17) is 4.74 Å². The van der Waals surface area contributed by atoms with Gasteiger partial charge in [0.2, 0.25) is 5.76 Å². The highest BCUT2D eigenvalue weighted by molar-refractivity contribution is 6.03. The summed E-state index contributed by atoms with van der Waals surface area (Å²) in [5.74, 6) is -1.33. The number of amides is 1. The summed E-state index contributed by atoms with van der Waals surface area (Å²) in [6, 6.07) is 3.14. The van der Waals surface area contributed by atoms with Crippen molar-refractivity contribution in [1.82, 2.24) is 9.97 Å². The van der Waals surface area contributed by atoms with Crippen molar-refractivity contribution in [2.45, 2.75) is 6.18 Å². The van der Waals surface area contributed by atoms with Crippen molar-refractivity contribution >= 4 is 17.4 Å². The molecule has 1 amide bonds. The van der Waals surface area contributed by atoms with E-state index in [0.717, 1.165) is 0 Å². The topological polar surface area (TPSA) is 80.5 Å². The minimum atomic E-state index is -4.77. The lowest BCUT2D eigenvalue weighted by Gasteiger charge is -2.17. The third-order valence-electron chi connectivity index (χ3n) is 3.07. The first kappa shape index (κ1) is 17.7. The maximum absolute atomic E-state index is 12.7. The summed E-state index contributed by atoms with van der Waals surface area (Å²) >= 11 is 0. The van der Waals surface area contributed by atoms with Gasteiger partial charge in [0.15, 0.2) is 12.1 Å². The Kier molecular flexibility index (Phi) is 5.39. The molecule has 0 atom stereocenters. The molecule has 0 unspecified atom stereocenters. The fraction of sp³-hybridized carbons (Fsp3) is 0.357. The lowest BCUT2D eigenvalue weighted by molar-refractivity contribution is -0.141. The van der Waals surface area contributed by atoms with Gasteiger partial charge in [-0.3, -0.25) is 4.79 Å². The molecule has 10 heteroatoms. The Morgan fingerprint density at radius 3 is 2.71 bits per heavy atom. The van der Waals surface area contributed by atoms with E-state index in [9.17, 15) is 18.0 Å². The zero-order valence-electron chi connectivity index (χ0n) is 12.9. The maximum atomic E-state index is 12.7. The monoisotopic (exact) mass is 344 g/mol. The first-order chi connectivity index (χ1) is 11.3. The highest BCUT2D eigenvalue weighted by Crippen LogP contribution is 2.31. The predicted octanol–water partition coefficient (Wildman–Crippen LogP) is 2.42. The van der Waals surface area contributed by atoms with E-state index < -0.39 is 23.5 Å². The van der Waals surface area contributed by atoms with Crippen molar-refractivity contribution in [1.29, 1.82) is 0 Å². The van der Waals surface area contributed by atoms with Crippen molar-refractivity contribution in [3.63, 3.8) is 0 Å². The number of carbonyl (C=O) groups is 1. The van der Waals surface area contributed by atoms with E-state index >= 15 is 0 Å². The molecule has 0 fully saturated rings. The van der Waals surface area contributed by atoms with E-state index in [1.54, 1.807) is 13.2 Å². The molecule has 0 aromatic carbocycles. The molecule has 2 rings (SSSR count). The van der Waals surface area contributed by atoms with Gasteiger partial charge in [-0.05, 0) is 12.1 Å². The van der Waals surface area contributed by atoms with Crippen LogP contribution in [0.2, 0.25) is 0 Å². The number of oxazole rings is 1. The van der Waals surface area contributed by atoms with Crippen LogP contribution >= 0.6 is 0 Å². The molecule has 2 heterocycles. The normalized spacial score (nSPS) is 11.4. The van der Waals surface area contributed by atoms with Gasteiger partial charge in [0.1, 0.15) is 5.82 Å². The standard InChI is InChI=1S/C14H15F3N4O3/c1-21(5-6-23-2)10-4-3-9(7-18-10)20-13(22)11-12(14(15,16)17)19-8-24-11/h3-4,7-8H,5-6H2,1-2H3,(H,20,22). The van der Waals surface area contributed by atoms with E-state index in [1.807, 2.05) is 11.9 Å². The Hall–Kier alpha value is -2.62. The number of methoxy groups -OCH3 is 1. The lowest BCUT2D eigenvalue weighted by Crippen LogP contribution is -2.23. The number of hydrogen-bond donors (Lipinski definition) is 1. The van der Waals surface area contributed by atoms with Gasteiger partial charge in [-0.15, -0.1) is 0 Å². The van der Waals surface area contributed by atoms with Crippen LogP contribution in [0.25, 0.3) is 0 Å². The molecule has 0 aliphatic carbocycles. The van der Waals surface area contributed by atoms with Gasteiger partial charge in [0.05, 0.1) is 18.5 Å². The van der Waals surface area contributed by atoms with E-state index in [0.29, 0.717) is 25.4 Å². The van der Waals surface area contributed by atoms with Crippen LogP contribution in [0.4, 0.5) is 24.7 Å². The van der Waals surface area contributed by atoms with Gasteiger partial charge in [0.25, 0.3) is 5.91 Å². The number of alkyl halides is 3. The Balaban J connectivity index is 2.06. The molecule has 0 saturated heterocycles. The molecule has 0 spiro atoms. The number of aromatic nitrogens is 2. The molecule has 24 heavy (non-hydrogen) atoms.